The molecule has 66 valence electrons. The highest BCUT2D eigenvalue weighted by atomic mass is 15.0. The van der Waals surface area contributed by atoms with Crippen LogP contribution in [0.4, 0.5) is 0 Å². The average Bonchev–Trinajstić information content (AvgIpc) is 2.76. The van der Waals surface area contributed by atoms with E-state index in [9.17, 15) is 0 Å². The van der Waals surface area contributed by atoms with Crippen LogP contribution in [0.2, 0.25) is 0 Å². The predicted octanol–water partition coefficient (Wildman–Crippen LogP) is 0.920. The first-order chi connectivity index (χ1) is 5.84. The van der Waals surface area contributed by atoms with Crippen LogP contribution in [0.15, 0.2) is 12.5 Å². The van der Waals surface area contributed by atoms with E-state index in [2.05, 4.69) is 16.5 Å². The van der Waals surface area contributed by atoms with Crippen LogP contribution in [-0.2, 0) is 13.6 Å². The molecule has 1 aliphatic carbocycles. The summed E-state index contributed by atoms with van der Waals surface area (Å²) in [4.78, 5) is 4.23. The standard InChI is InChI=1S/C9H15N3/c1-12-6-9(11-7-12)5-10-4-8-2-3-8/h6-8,10H,2-5H2,1H3. The summed E-state index contributed by atoms with van der Waals surface area (Å²) < 4.78 is 1.98. The molecule has 12 heavy (non-hydrogen) atoms. The molecule has 1 aromatic heterocycles. The lowest BCUT2D eigenvalue weighted by Crippen LogP contribution is -2.16. The Morgan fingerprint density at radius 3 is 3.08 bits per heavy atom. The second-order valence-corrected chi connectivity index (χ2v) is 3.60. The molecule has 0 aromatic carbocycles. The summed E-state index contributed by atoms with van der Waals surface area (Å²) in [7, 11) is 2.00. The van der Waals surface area contributed by atoms with E-state index in [0.717, 1.165) is 24.7 Å². The number of rotatable bonds is 4. The largest absolute Gasteiger partial charge is 0.340 e. The number of hydrogen-bond donors (Lipinski definition) is 1. The van der Waals surface area contributed by atoms with E-state index < -0.39 is 0 Å². The topological polar surface area (TPSA) is 29.9 Å². The minimum absolute atomic E-state index is 0.914. The van der Waals surface area contributed by atoms with Crippen LogP contribution in [0.1, 0.15) is 18.5 Å². The Balaban J connectivity index is 1.71. The number of nitrogens with zero attached hydrogens (tertiary/aromatic N) is 2. The second kappa shape index (κ2) is 3.27. The fraction of sp³-hybridized carbons (Fsp3) is 0.667. The maximum absolute atomic E-state index is 4.23. The molecule has 0 aliphatic heterocycles. The SMILES string of the molecule is Cn1cnc(CNCC2CC2)c1. The summed E-state index contributed by atoms with van der Waals surface area (Å²) >= 11 is 0. The van der Waals surface area contributed by atoms with Crippen molar-refractivity contribution >= 4 is 0 Å². The van der Waals surface area contributed by atoms with Gasteiger partial charge in [0.2, 0.25) is 0 Å². The van der Waals surface area contributed by atoms with Crippen molar-refractivity contribution in [3.63, 3.8) is 0 Å². The van der Waals surface area contributed by atoms with Gasteiger partial charge in [-0.25, -0.2) is 4.98 Å². The van der Waals surface area contributed by atoms with Crippen LogP contribution >= 0.6 is 0 Å². The van der Waals surface area contributed by atoms with Crippen LogP contribution < -0.4 is 5.32 Å². The van der Waals surface area contributed by atoms with Gasteiger partial charge in [0.15, 0.2) is 0 Å². The highest BCUT2D eigenvalue weighted by molar-refractivity contribution is 4.95. The van der Waals surface area contributed by atoms with Gasteiger partial charge in [0.25, 0.3) is 0 Å². The molecule has 0 spiro atoms. The normalized spacial score (nSPS) is 16.8. The number of nitrogens with one attached hydrogen (secondary N) is 1. The summed E-state index contributed by atoms with van der Waals surface area (Å²) in [5, 5.41) is 3.40. The van der Waals surface area contributed by atoms with Gasteiger partial charge in [0, 0.05) is 19.8 Å². The van der Waals surface area contributed by atoms with Gasteiger partial charge < -0.3 is 9.88 Å². The molecule has 0 radical (unpaired) electrons. The molecule has 1 N–H and O–H groups in total. The maximum Gasteiger partial charge on any atom is 0.0947 e. The molecule has 3 nitrogen and oxygen atoms in total. The third kappa shape index (κ3) is 2.08. The van der Waals surface area contributed by atoms with Crippen molar-refractivity contribution in [1.29, 1.82) is 0 Å². The van der Waals surface area contributed by atoms with Crippen molar-refractivity contribution in [2.24, 2.45) is 13.0 Å². The molecule has 1 saturated carbocycles. The molecular formula is C9H15N3. The minimum atomic E-state index is 0.914. The lowest BCUT2D eigenvalue weighted by Gasteiger charge is -1.98. The summed E-state index contributed by atoms with van der Waals surface area (Å²) in [6.07, 6.45) is 6.72. The Labute approximate surface area is 72.8 Å². The zero-order valence-corrected chi connectivity index (χ0v) is 7.45. The van der Waals surface area contributed by atoms with E-state index in [0.29, 0.717) is 0 Å². The molecule has 0 unspecified atom stereocenters. The lowest BCUT2D eigenvalue weighted by molar-refractivity contribution is 0.631. The van der Waals surface area contributed by atoms with Crippen molar-refractivity contribution in [1.82, 2.24) is 14.9 Å². The van der Waals surface area contributed by atoms with Gasteiger partial charge in [0.05, 0.1) is 12.0 Å². The minimum Gasteiger partial charge on any atom is -0.340 e. The predicted molar refractivity (Wildman–Crippen MR) is 47.6 cm³/mol. The van der Waals surface area contributed by atoms with E-state index in [1.807, 2.05) is 17.9 Å². The highest BCUT2D eigenvalue weighted by Crippen LogP contribution is 2.27. The smallest absolute Gasteiger partial charge is 0.0947 e. The molecule has 0 bridgehead atoms. The van der Waals surface area contributed by atoms with Crippen molar-refractivity contribution < 1.29 is 0 Å². The first-order valence-corrected chi connectivity index (χ1v) is 4.52. The van der Waals surface area contributed by atoms with Crippen LogP contribution in [-0.4, -0.2) is 16.1 Å². The van der Waals surface area contributed by atoms with E-state index in [4.69, 9.17) is 0 Å². The maximum atomic E-state index is 4.23. The Morgan fingerprint density at radius 1 is 1.67 bits per heavy atom. The van der Waals surface area contributed by atoms with Crippen molar-refractivity contribution in [3.05, 3.63) is 18.2 Å². The molecule has 0 amide bonds. The summed E-state index contributed by atoms with van der Waals surface area (Å²) in [5.74, 6) is 0.953. The van der Waals surface area contributed by atoms with Gasteiger partial charge in [-0.1, -0.05) is 0 Å². The molecule has 1 aliphatic rings. The number of imidazole rings is 1. The molecule has 0 saturated heterocycles. The Bertz CT molecular complexity index is 250. The van der Waals surface area contributed by atoms with Crippen molar-refractivity contribution in [2.45, 2.75) is 19.4 Å². The second-order valence-electron chi connectivity index (χ2n) is 3.60. The number of aromatic nitrogens is 2. The van der Waals surface area contributed by atoms with Crippen LogP contribution in [0.3, 0.4) is 0 Å². The Morgan fingerprint density at radius 2 is 2.50 bits per heavy atom. The Hall–Kier alpha value is -0.830. The zero-order valence-electron chi connectivity index (χ0n) is 7.45. The third-order valence-corrected chi connectivity index (χ3v) is 2.19. The van der Waals surface area contributed by atoms with Gasteiger partial charge in [-0.2, -0.15) is 0 Å². The molecule has 2 rings (SSSR count). The summed E-state index contributed by atoms with van der Waals surface area (Å²) in [5.41, 5.74) is 1.14. The summed E-state index contributed by atoms with van der Waals surface area (Å²) in [6, 6.07) is 0. The van der Waals surface area contributed by atoms with Gasteiger partial charge >= 0.3 is 0 Å². The zero-order chi connectivity index (χ0) is 8.39. The lowest BCUT2D eigenvalue weighted by atomic mass is 10.4. The fourth-order valence-electron chi connectivity index (χ4n) is 1.28. The highest BCUT2D eigenvalue weighted by Gasteiger charge is 2.20. The quantitative estimate of drug-likeness (QED) is 0.719. The van der Waals surface area contributed by atoms with Gasteiger partial charge in [-0.05, 0) is 25.3 Å². The van der Waals surface area contributed by atoms with E-state index in [-0.39, 0.29) is 0 Å². The first-order valence-electron chi connectivity index (χ1n) is 4.52. The molecular weight excluding hydrogens is 150 g/mol. The van der Waals surface area contributed by atoms with Crippen LogP contribution in [0.5, 0.6) is 0 Å². The van der Waals surface area contributed by atoms with Gasteiger partial charge in [-0.3, -0.25) is 0 Å². The number of hydrogen-bond acceptors (Lipinski definition) is 2. The van der Waals surface area contributed by atoms with Gasteiger partial charge in [-0.15, -0.1) is 0 Å². The molecule has 1 aromatic rings. The van der Waals surface area contributed by atoms with E-state index >= 15 is 0 Å². The van der Waals surface area contributed by atoms with E-state index in [1.54, 1.807) is 0 Å². The van der Waals surface area contributed by atoms with Crippen molar-refractivity contribution in [3.8, 4) is 0 Å². The van der Waals surface area contributed by atoms with Crippen LogP contribution in [0.25, 0.3) is 0 Å². The third-order valence-electron chi connectivity index (χ3n) is 2.19. The fourth-order valence-corrected chi connectivity index (χ4v) is 1.28. The van der Waals surface area contributed by atoms with Crippen molar-refractivity contribution in [2.75, 3.05) is 6.54 Å². The Kier molecular flexibility index (Phi) is 2.13. The monoisotopic (exact) mass is 165 g/mol. The molecule has 1 fully saturated rings. The van der Waals surface area contributed by atoms with E-state index in [1.165, 1.54) is 12.8 Å². The first kappa shape index (κ1) is 7.80. The molecule has 0 atom stereocenters. The van der Waals surface area contributed by atoms with Crippen LogP contribution in [0, 0.1) is 5.92 Å². The van der Waals surface area contributed by atoms with Gasteiger partial charge in [0.1, 0.15) is 0 Å². The summed E-state index contributed by atoms with van der Waals surface area (Å²) in [6.45, 7) is 2.08. The molecule has 1 heterocycles. The number of aryl methyl sites for hydroxylation is 1. The molecule has 3 heteroatoms. The average molecular weight is 165 g/mol.